The molecule has 4 rings (SSSR count). The number of ether oxygens (including phenoxy) is 1. The molecule has 0 fully saturated rings. The fraction of sp³-hybridized carbons (Fsp3) is 0.130. The molecule has 5 nitrogen and oxygen atoms in total. The largest absolute Gasteiger partial charge is 0.479 e. The Bertz CT molecular complexity index is 1090. The van der Waals surface area contributed by atoms with Crippen LogP contribution in [0.3, 0.4) is 0 Å². The van der Waals surface area contributed by atoms with Gasteiger partial charge in [0.25, 0.3) is 0 Å². The second kappa shape index (κ2) is 7.94. The third kappa shape index (κ3) is 3.50. The number of aliphatic carboxylic acids is 1. The quantitative estimate of drug-likeness (QED) is 0.644. The number of carboxylic acid groups (broad SMARTS) is 1. The number of carbonyl (C=O) groups excluding carboxylic acids is 1. The van der Waals surface area contributed by atoms with E-state index in [0.29, 0.717) is 0 Å². The fourth-order valence-corrected chi connectivity index (χ4v) is 3.77. The van der Waals surface area contributed by atoms with Gasteiger partial charge >= 0.3 is 12.1 Å². The van der Waals surface area contributed by atoms with Gasteiger partial charge in [-0.3, -0.25) is 0 Å². The predicted molar refractivity (Wildman–Crippen MR) is 105 cm³/mol. The van der Waals surface area contributed by atoms with Crippen molar-refractivity contribution in [2.75, 3.05) is 6.61 Å². The van der Waals surface area contributed by atoms with Crippen molar-refractivity contribution in [2.45, 2.75) is 12.0 Å². The molecule has 0 spiro atoms. The molecule has 1 aliphatic rings. The highest BCUT2D eigenvalue weighted by Crippen LogP contribution is 2.44. The Morgan fingerprint density at radius 1 is 0.933 bits per heavy atom. The summed E-state index contributed by atoms with van der Waals surface area (Å²) in [4.78, 5) is 23.8. The lowest BCUT2D eigenvalue weighted by molar-refractivity contribution is -0.139. The smallest absolute Gasteiger partial charge is 0.408 e. The fourth-order valence-electron chi connectivity index (χ4n) is 3.77. The Labute approximate surface area is 170 Å². The molecule has 0 aromatic heterocycles. The maximum Gasteiger partial charge on any atom is 0.408 e. The van der Waals surface area contributed by atoms with Gasteiger partial charge in [-0.2, -0.15) is 0 Å². The molecule has 1 aliphatic carbocycles. The van der Waals surface area contributed by atoms with Crippen molar-refractivity contribution in [1.29, 1.82) is 0 Å². The number of rotatable bonds is 5. The topological polar surface area (TPSA) is 75.6 Å². The first-order valence-corrected chi connectivity index (χ1v) is 9.25. The number of hydrogen-bond acceptors (Lipinski definition) is 3. The molecule has 1 amide bonds. The van der Waals surface area contributed by atoms with Gasteiger partial charge in [0.15, 0.2) is 17.7 Å². The van der Waals surface area contributed by atoms with Gasteiger partial charge < -0.3 is 15.2 Å². The van der Waals surface area contributed by atoms with Crippen LogP contribution in [0.1, 0.15) is 28.7 Å². The number of carbonyl (C=O) groups is 2. The Morgan fingerprint density at radius 2 is 1.53 bits per heavy atom. The number of nitrogens with one attached hydrogen (secondary N) is 1. The normalized spacial score (nSPS) is 13.3. The molecular formula is C23H17F2NO4. The molecule has 0 saturated carbocycles. The number of carboxylic acids is 1. The molecule has 30 heavy (non-hydrogen) atoms. The number of hydrogen-bond donors (Lipinski definition) is 2. The van der Waals surface area contributed by atoms with Gasteiger partial charge in [0.1, 0.15) is 6.61 Å². The molecule has 0 heterocycles. The lowest BCUT2D eigenvalue weighted by Gasteiger charge is -2.18. The molecule has 0 bridgehead atoms. The van der Waals surface area contributed by atoms with E-state index < -0.39 is 35.3 Å². The van der Waals surface area contributed by atoms with E-state index in [-0.39, 0.29) is 12.5 Å². The average molecular weight is 409 g/mol. The lowest BCUT2D eigenvalue weighted by atomic mass is 9.98. The zero-order valence-corrected chi connectivity index (χ0v) is 15.6. The minimum absolute atomic E-state index is 0.0299. The summed E-state index contributed by atoms with van der Waals surface area (Å²) in [6.45, 7) is -0.0299. The second-order valence-corrected chi connectivity index (χ2v) is 6.88. The van der Waals surface area contributed by atoms with Crippen LogP contribution in [0.4, 0.5) is 13.6 Å². The van der Waals surface area contributed by atoms with Gasteiger partial charge in [-0.1, -0.05) is 60.7 Å². The summed E-state index contributed by atoms with van der Waals surface area (Å²) in [5, 5.41) is 11.5. The minimum Gasteiger partial charge on any atom is -0.479 e. The van der Waals surface area contributed by atoms with E-state index in [0.717, 1.165) is 34.4 Å². The van der Waals surface area contributed by atoms with Gasteiger partial charge in [0.2, 0.25) is 0 Å². The van der Waals surface area contributed by atoms with Crippen LogP contribution < -0.4 is 5.32 Å². The third-order valence-corrected chi connectivity index (χ3v) is 5.15. The maximum atomic E-state index is 14.0. The molecule has 3 aromatic carbocycles. The van der Waals surface area contributed by atoms with Crippen molar-refractivity contribution in [1.82, 2.24) is 5.32 Å². The molecule has 1 atom stereocenters. The Balaban J connectivity index is 1.51. The molecule has 152 valence electrons. The number of amides is 1. The molecule has 0 unspecified atom stereocenters. The van der Waals surface area contributed by atoms with Crippen molar-refractivity contribution in [3.05, 3.63) is 95.1 Å². The van der Waals surface area contributed by atoms with Crippen LogP contribution in [0.5, 0.6) is 0 Å². The van der Waals surface area contributed by atoms with E-state index >= 15 is 0 Å². The summed E-state index contributed by atoms with van der Waals surface area (Å²) < 4.78 is 32.7. The molecule has 7 heteroatoms. The lowest BCUT2D eigenvalue weighted by Crippen LogP contribution is -2.35. The van der Waals surface area contributed by atoms with Crippen LogP contribution in [0.15, 0.2) is 66.7 Å². The standard InChI is InChI=1S/C23H17F2NO4/c24-19-11-5-10-17(20(19)25)21(22(27)28)26-23(29)30-12-18-15-8-3-1-6-13(15)14-7-2-4-9-16(14)18/h1-11,18,21H,12H2,(H,26,29)(H,27,28)/t21-/m1/s1. The first kappa shape index (κ1) is 19.6. The van der Waals surface area contributed by atoms with E-state index in [2.05, 4.69) is 5.32 Å². The van der Waals surface area contributed by atoms with Crippen LogP contribution >= 0.6 is 0 Å². The van der Waals surface area contributed by atoms with E-state index in [4.69, 9.17) is 4.74 Å². The Hall–Kier alpha value is -3.74. The highest BCUT2D eigenvalue weighted by molar-refractivity contribution is 5.82. The van der Waals surface area contributed by atoms with Gasteiger partial charge in [0, 0.05) is 11.5 Å². The maximum absolute atomic E-state index is 14.0. The summed E-state index contributed by atoms with van der Waals surface area (Å²) in [6.07, 6.45) is -1.03. The van der Waals surface area contributed by atoms with E-state index in [1.807, 2.05) is 48.5 Å². The number of benzene rings is 3. The highest BCUT2D eigenvalue weighted by Gasteiger charge is 2.31. The minimum atomic E-state index is -1.78. The number of alkyl carbamates (subject to hydrolysis) is 1. The van der Waals surface area contributed by atoms with E-state index in [1.54, 1.807) is 0 Å². The Morgan fingerprint density at radius 3 is 2.13 bits per heavy atom. The van der Waals surface area contributed by atoms with Gasteiger partial charge in [-0.05, 0) is 28.3 Å². The van der Waals surface area contributed by atoms with Crippen molar-refractivity contribution in [2.24, 2.45) is 0 Å². The number of halogens is 2. The molecule has 0 radical (unpaired) electrons. The zero-order valence-electron chi connectivity index (χ0n) is 15.6. The first-order chi connectivity index (χ1) is 14.5. The van der Waals surface area contributed by atoms with E-state index in [1.165, 1.54) is 6.07 Å². The van der Waals surface area contributed by atoms with Gasteiger partial charge in [0.05, 0.1) is 0 Å². The van der Waals surface area contributed by atoms with Crippen LogP contribution in [0.25, 0.3) is 11.1 Å². The Kier molecular flexibility index (Phi) is 5.18. The zero-order chi connectivity index (χ0) is 21.3. The van der Waals surface area contributed by atoms with Crippen molar-refractivity contribution in [3.8, 4) is 11.1 Å². The molecular weight excluding hydrogens is 392 g/mol. The monoisotopic (exact) mass is 409 g/mol. The average Bonchev–Trinajstić information content (AvgIpc) is 3.06. The van der Waals surface area contributed by atoms with Crippen molar-refractivity contribution >= 4 is 12.1 Å². The first-order valence-electron chi connectivity index (χ1n) is 9.25. The van der Waals surface area contributed by atoms with Crippen molar-refractivity contribution in [3.63, 3.8) is 0 Å². The van der Waals surface area contributed by atoms with Crippen LogP contribution in [-0.2, 0) is 9.53 Å². The second-order valence-electron chi connectivity index (χ2n) is 6.88. The molecule has 0 saturated heterocycles. The summed E-state index contributed by atoms with van der Waals surface area (Å²) >= 11 is 0. The molecule has 0 aliphatic heterocycles. The SMILES string of the molecule is O=C(N[C@@H](C(=O)O)c1cccc(F)c1F)OCC1c2ccccc2-c2ccccc21. The van der Waals surface area contributed by atoms with Crippen molar-refractivity contribution < 1.29 is 28.2 Å². The summed E-state index contributed by atoms with van der Waals surface area (Å²) in [5.74, 6) is -4.28. The van der Waals surface area contributed by atoms with Gasteiger partial charge in [-0.15, -0.1) is 0 Å². The third-order valence-electron chi connectivity index (χ3n) is 5.15. The summed E-state index contributed by atoms with van der Waals surface area (Å²) in [7, 11) is 0. The van der Waals surface area contributed by atoms with Crippen LogP contribution in [0, 0.1) is 11.6 Å². The predicted octanol–water partition coefficient (Wildman–Crippen LogP) is 4.63. The molecule has 2 N–H and O–H groups in total. The summed E-state index contributed by atoms with van der Waals surface area (Å²) in [5.41, 5.74) is 3.60. The van der Waals surface area contributed by atoms with Crippen LogP contribution in [0.2, 0.25) is 0 Å². The van der Waals surface area contributed by atoms with Crippen LogP contribution in [-0.4, -0.2) is 23.8 Å². The summed E-state index contributed by atoms with van der Waals surface area (Å²) in [6, 6.07) is 16.9. The van der Waals surface area contributed by atoms with E-state index in [9.17, 15) is 23.5 Å². The highest BCUT2D eigenvalue weighted by atomic mass is 19.2. The molecule has 3 aromatic rings. The number of fused-ring (bicyclic) bond motifs is 3. The van der Waals surface area contributed by atoms with Gasteiger partial charge in [-0.25, -0.2) is 18.4 Å².